The van der Waals surface area contributed by atoms with Gasteiger partial charge in [-0.1, -0.05) is 13.8 Å². The van der Waals surface area contributed by atoms with E-state index in [-0.39, 0.29) is 17.9 Å². The molecule has 1 saturated heterocycles. The van der Waals surface area contributed by atoms with Gasteiger partial charge < -0.3 is 10.2 Å². The second-order valence-electron chi connectivity index (χ2n) is 5.96. The van der Waals surface area contributed by atoms with E-state index in [1.54, 1.807) is 24.5 Å². The molecule has 0 aromatic carbocycles. The molecule has 2 rings (SSSR count). The summed E-state index contributed by atoms with van der Waals surface area (Å²) in [5, 5.41) is 3.03. The summed E-state index contributed by atoms with van der Waals surface area (Å²) < 4.78 is 0. The van der Waals surface area contributed by atoms with Crippen LogP contribution in [0.2, 0.25) is 0 Å². The van der Waals surface area contributed by atoms with Crippen LogP contribution in [0.4, 0.5) is 0 Å². The third-order valence-corrected chi connectivity index (χ3v) is 3.71. The zero-order valence-electron chi connectivity index (χ0n) is 12.7. The van der Waals surface area contributed by atoms with Gasteiger partial charge in [-0.15, -0.1) is 0 Å². The highest BCUT2D eigenvalue weighted by Crippen LogP contribution is 2.14. The van der Waals surface area contributed by atoms with E-state index in [1.165, 1.54) is 0 Å². The van der Waals surface area contributed by atoms with Crippen LogP contribution in [-0.2, 0) is 4.79 Å². The van der Waals surface area contributed by atoms with Crippen molar-refractivity contribution in [2.75, 3.05) is 13.1 Å². The Balaban J connectivity index is 1.79. The van der Waals surface area contributed by atoms with Crippen LogP contribution in [0.1, 0.15) is 43.5 Å². The number of pyridine rings is 1. The van der Waals surface area contributed by atoms with Crippen LogP contribution in [0.3, 0.4) is 0 Å². The number of nitrogens with one attached hydrogen (secondary N) is 1. The van der Waals surface area contributed by atoms with Gasteiger partial charge >= 0.3 is 0 Å². The Labute approximate surface area is 125 Å². The maximum absolute atomic E-state index is 12.1. The second-order valence-corrected chi connectivity index (χ2v) is 5.96. The highest BCUT2D eigenvalue weighted by molar-refractivity contribution is 5.94. The summed E-state index contributed by atoms with van der Waals surface area (Å²) in [6.07, 6.45) is 5.47. The van der Waals surface area contributed by atoms with E-state index in [4.69, 9.17) is 0 Å². The van der Waals surface area contributed by atoms with E-state index in [9.17, 15) is 9.59 Å². The summed E-state index contributed by atoms with van der Waals surface area (Å²) in [5.74, 6) is 0.551. The van der Waals surface area contributed by atoms with Gasteiger partial charge in [-0.25, -0.2) is 0 Å². The number of hydrogen-bond acceptors (Lipinski definition) is 3. The first-order chi connectivity index (χ1) is 10.1. The van der Waals surface area contributed by atoms with Crippen molar-refractivity contribution in [2.24, 2.45) is 5.92 Å². The van der Waals surface area contributed by atoms with Crippen LogP contribution in [0.15, 0.2) is 24.5 Å². The Hall–Kier alpha value is -1.91. The maximum Gasteiger partial charge on any atom is 0.251 e. The lowest BCUT2D eigenvalue weighted by Gasteiger charge is -2.32. The van der Waals surface area contributed by atoms with Crippen LogP contribution in [-0.4, -0.2) is 40.8 Å². The minimum atomic E-state index is -0.0654. The quantitative estimate of drug-likeness (QED) is 0.920. The van der Waals surface area contributed by atoms with E-state index in [0.717, 1.165) is 25.9 Å². The molecule has 114 valence electrons. The van der Waals surface area contributed by atoms with Gasteiger partial charge in [0.05, 0.1) is 0 Å². The molecule has 5 heteroatoms. The molecule has 5 nitrogen and oxygen atoms in total. The van der Waals surface area contributed by atoms with Gasteiger partial charge in [-0.3, -0.25) is 14.6 Å². The molecule has 1 N–H and O–H groups in total. The molecule has 2 amide bonds. The lowest BCUT2D eigenvalue weighted by atomic mass is 10.0. The number of rotatable bonds is 4. The molecule has 1 aliphatic heterocycles. The number of aromatic nitrogens is 1. The van der Waals surface area contributed by atoms with Crippen molar-refractivity contribution in [3.05, 3.63) is 30.1 Å². The predicted octanol–water partition coefficient (Wildman–Crippen LogP) is 1.85. The van der Waals surface area contributed by atoms with Crippen LogP contribution in [0, 0.1) is 5.92 Å². The Morgan fingerprint density at radius 1 is 1.29 bits per heavy atom. The van der Waals surface area contributed by atoms with Gasteiger partial charge in [-0.2, -0.15) is 0 Å². The van der Waals surface area contributed by atoms with Crippen molar-refractivity contribution in [3.63, 3.8) is 0 Å². The molecule has 0 unspecified atom stereocenters. The van der Waals surface area contributed by atoms with Crippen molar-refractivity contribution < 1.29 is 9.59 Å². The lowest BCUT2D eigenvalue weighted by Crippen LogP contribution is -2.46. The van der Waals surface area contributed by atoms with E-state index in [0.29, 0.717) is 17.9 Å². The largest absolute Gasteiger partial charge is 0.349 e. The molecule has 0 bridgehead atoms. The first-order valence-electron chi connectivity index (χ1n) is 7.55. The number of amides is 2. The smallest absolute Gasteiger partial charge is 0.251 e. The fourth-order valence-electron chi connectivity index (χ4n) is 2.52. The number of carbonyl (C=O) groups is 2. The molecule has 0 atom stereocenters. The summed E-state index contributed by atoms with van der Waals surface area (Å²) in [6, 6.07) is 3.56. The summed E-state index contributed by atoms with van der Waals surface area (Å²) in [5.41, 5.74) is 0.628. The van der Waals surface area contributed by atoms with Crippen LogP contribution in [0.25, 0.3) is 0 Å². The molecular formula is C16H23N3O2. The minimum absolute atomic E-state index is 0.0654. The number of nitrogens with zero attached hydrogens (tertiary/aromatic N) is 2. The van der Waals surface area contributed by atoms with Crippen molar-refractivity contribution >= 4 is 11.8 Å². The van der Waals surface area contributed by atoms with Gasteiger partial charge in [0, 0.05) is 43.5 Å². The molecule has 0 aliphatic carbocycles. The molecule has 1 aliphatic rings. The Bertz CT molecular complexity index is 480. The summed E-state index contributed by atoms with van der Waals surface area (Å²) in [7, 11) is 0. The fraction of sp³-hybridized carbons (Fsp3) is 0.562. The molecule has 0 radical (unpaired) electrons. The van der Waals surface area contributed by atoms with Gasteiger partial charge in [0.15, 0.2) is 0 Å². The number of piperidine rings is 1. The molecular weight excluding hydrogens is 266 g/mol. The third-order valence-electron chi connectivity index (χ3n) is 3.71. The number of carbonyl (C=O) groups excluding carboxylic acids is 2. The highest BCUT2D eigenvalue weighted by atomic mass is 16.2. The van der Waals surface area contributed by atoms with Gasteiger partial charge in [-0.05, 0) is 30.9 Å². The van der Waals surface area contributed by atoms with Crippen LogP contribution in [0.5, 0.6) is 0 Å². The number of hydrogen-bond donors (Lipinski definition) is 1. The number of likely N-dealkylation sites (tertiary alicyclic amines) is 1. The Morgan fingerprint density at radius 3 is 2.48 bits per heavy atom. The lowest BCUT2D eigenvalue weighted by molar-refractivity contribution is -0.133. The first-order valence-corrected chi connectivity index (χ1v) is 7.55. The van der Waals surface area contributed by atoms with Crippen molar-refractivity contribution in [1.82, 2.24) is 15.2 Å². The Kier molecular flexibility index (Phi) is 5.31. The maximum atomic E-state index is 12.1. The standard InChI is InChI=1S/C16H23N3O2/c1-12(2)11-15(20)19-9-5-14(6-10-19)18-16(21)13-3-7-17-8-4-13/h3-4,7-8,12,14H,5-6,9-11H2,1-2H3,(H,18,21). The molecule has 0 spiro atoms. The molecule has 21 heavy (non-hydrogen) atoms. The van der Waals surface area contributed by atoms with Crippen molar-refractivity contribution in [1.29, 1.82) is 0 Å². The van der Waals surface area contributed by atoms with Gasteiger partial charge in [0.25, 0.3) is 5.91 Å². The molecule has 1 aromatic rings. The van der Waals surface area contributed by atoms with E-state index in [1.807, 2.05) is 4.90 Å². The van der Waals surface area contributed by atoms with E-state index in [2.05, 4.69) is 24.1 Å². The summed E-state index contributed by atoms with van der Waals surface area (Å²) in [4.78, 5) is 29.9. The second kappa shape index (κ2) is 7.20. The first kappa shape index (κ1) is 15.5. The Morgan fingerprint density at radius 2 is 1.90 bits per heavy atom. The predicted molar refractivity (Wildman–Crippen MR) is 80.8 cm³/mol. The average molecular weight is 289 g/mol. The summed E-state index contributed by atoms with van der Waals surface area (Å²) >= 11 is 0. The zero-order valence-corrected chi connectivity index (χ0v) is 12.7. The normalized spacial score (nSPS) is 16.0. The zero-order chi connectivity index (χ0) is 15.2. The average Bonchev–Trinajstić information content (AvgIpc) is 2.48. The van der Waals surface area contributed by atoms with Crippen LogP contribution >= 0.6 is 0 Å². The van der Waals surface area contributed by atoms with Gasteiger partial charge in [0.2, 0.25) is 5.91 Å². The van der Waals surface area contributed by atoms with E-state index >= 15 is 0 Å². The topological polar surface area (TPSA) is 62.3 Å². The third kappa shape index (κ3) is 4.55. The molecule has 1 aromatic heterocycles. The van der Waals surface area contributed by atoms with Gasteiger partial charge in [0.1, 0.15) is 0 Å². The molecule has 1 fully saturated rings. The van der Waals surface area contributed by atoms with Crippen LogP contribution < -0.4 is 5.32 Å². The van der Waals surface area contributed by atoms with Crippen molar-refractivity contribution in [2.45, 2.75) is 39.2 Å². The minimum Gasteiger partial charge on any atom is -0.349 e. The molecule has 2 heterocycles. The highest BCUT2D eigenvalue weighted by Gasteiger charge is 2.24. The summed E-state index contributed by atoms with van der Waals surface area (Å²) in [6.45, 7) is 5.57. The van der Waals surface area contributed by atoms with Crippen molar-refractivity contribution in [3.8, 4) is 0 Å². The SMILES string of the molecule is CC(C)CC(=O)N1CCC(NC(=O)c2ccncc2)CC1. The fourth-order valence-corrected chi connectivity index (χ4v) is 2.52. The van der Waals surface area contributed by atoms with E-state index < -0.39 is 0 Å². The molecule has 0 saturated carbocycles. The monoisotopic (exact) mass is 289 g/mol.